The van der Waals surface area contributed by atoms with Crippen molar-refractivity contribution < 1.29 is 27.8 Å². The summed E-state index contributed by atoms with van der Waals surface area (Å²) in [7, 11) is 0. The molecule has 152 valence electrons. The molecule has 0 aromatic carbocycles. The summed E-state index contributed by atoms with van der Waals surface area (Å²) in [6.45, 7) is 1.63. The highest BCUT2D eigenvalue weighted by Crippen LogP contribution is 2.39. The Bertz CT molecular complexity index is 976. The second-order valence-corrected chi connectivity index (χ2v) is 6.66. The first-order chi connectivity index (χ1) is 13.7. The molecule has 1 atom stereocenters. The highest BCUT2D eigenvalue weighted by Gasteiger charge is 2.40. The third-order valence-electron chi connectivity index (χ3n) is 4.47. The first-order valence-corrected chi connectivity index (χ1v) is 8.83. The normalized spacial score (nSPS) is 19.3. The van der Waals surface area contributed by atoms with Gasteiger partial charge in [0.15, 0.2) is 0 Å². The molecular formula is C20H18F3N3O3. The molecule has 0 radical (unpaired) electrons. The number of carboxylic acids is 1. The van der Waals surface area contributed by atoms with E-state index >= 15 is 0 Å². The molecule has 2 aromatic heterocycles. The fourth-order valence-corrected chi connectivity index (χ4v) is 2.98. The monoisotopic (exact) mass is 405 g/mol. The highest BCUT2D eigenvalue weighted by atomic mass is 19.3. The molecule has 0 saturated heterocycles. The van der Waals surface area contributed by atoms with Crippen LogP contribution in [0.15, 0.2) is 48.5 Å². The van der Waals surface area contributed by atoms with E-state index in [2.05, 4.69) is 15.0 Å². The molecule has 1 aliphatic rings. The molecule has 0 spiro atoms. The molecular weight excluding hydrogens is 387 g/mol. The van der Waals surface area contributed by atoms with Crippen molar-refractivity contribution in [1.29, 1.82) is 0 Å². The number of carbonyl (C=O) groups is 1. The number of hydrogen-bond donors (Lipinski definition) is 1. The average Bonchev–Trinajstić information content (AvgIpc) is 2.65. The van der Waals surface area contributed by atoms with Crippen molar-refractivity contribution in [3.63, 3.8) is 0 Å². The van der Waals surface area contributed by atoms with E-state index in [1.54, 1.807) is 6.92 Å². The lowest BCUT2D eigenvalue weighted by atomic mass is 9.86. The van der Waals surface area contributed by atoms with Crippen LogP contribution in [0.1, 0.15) is 25.0 Å². The molecule has 29 heavy (non-hydrogen) atoms. The van der Waals surface area contributed by atoms with Crippen molar-refractivity contribution in [2.45, 2.75) is 32.1 Å². The molecule has 0 bridgehead atoms. The maximum absolute atomic E-state index is 14.3. The van der Waals surface area contributed by atoms with E-state index in [0.29, 0.717) is 17.0 Å². The minimum absolute atomic E-state index is 0.0865. The highest BCUT2D eigenvalue weighted by molar-refractivity contribution is 5.66. The molecule has 1 aliphatic carbocycles. The number of aliphatic carboxylic acids is 1. The number of halogens is 3. The molecule has 0 fully saturated rings. The molecule has 6 nitrogen and oxygen atoms in total. The fourth-order valence-electron chi connectivity index (χ4n) is 2.98. The van der Waals surface area contributed by atoms with E-state index in [1.165, 1.54) is 42.9 Å². The van der Waals surface area contributed by atoms with Gasteiger partial charge in [-0.1, -0.05) is 12.2 Å². The molecule has 0 amide bonds. The Hall–Kier alpha value is -3.23. The van der Waals surface area contributed by atoms with Crippen molar-refractivity contribution in [3.8, 4) is 17.1 Å². The summed E-state index contributed by atoms with van der Waals surface area (Å²) >= 11 is 0. The van der Waals surface area contributed by atoms with E-state index in [1.807, 2.05) is 0 Å². The van der Waals surface area contributed by atoms with E-state index in [0.717, 1.165) is 0 Å². The summed E-state index contributed by atoms with van der Waals surface area (Å²) in [4.78, 5) is 22.6. The van der Waals surface area contributed by atoms with Gasteiger partial charge < -0.3 is 9.84 Å². The lowest BCUT2D eigenvalue weighted by molar-refractivity contribution is -0.137. The minimum atomic E-state index is -3.07. The van der Waals surface area contributed by atoms with Crippen molar-refractivity contribution in [2.75, 3.05) is 0 Å². The van der Waals surface area contributed by atoms with Crippen LogP contribution >= 0.6 is 0 Å². The van der Waals surface area contributed by atoms with Crippen LogP contribution in [-0.2, 0) is 4.79 Å². The number of nitrogens with zero attached hydrogens (tertiary/aromatic N) is 3. The molecule has 1 unspecified atom stereocenters. The Morgan fingerprint density at radius 2 is 2.14 bits per heavy atom. The number of ether oxygens (including phenoxy) is 1. The van der Waals surface area contributed by atoms with Crippen LogP contribution in [0.4, 0.5) is 13.2 Å². The van der Waals surface area contributed by atoms with Crippen LogP contribution in [0.2, 0.25) is 0 Å². The van der Waals surface area contributed by atoms with Gasteiger partial charge in [0.05, 0.1) is 24.3 Å². The van der Waals surface area contributed by atoms with Gasteiger partial charge >= 0.3 is 5.97 Å². The number of alkyl halides is 2. The summed E-state index contributed by atoms with van der Waals surface area (Å²) in [5.41, 5.74) is 1.65. The first-order valence-electron chi connectivity index (χ1n) is 8.83. The average molecular weight is 405 g/mol. The van der Waals surface area contributed by atoms with Crippen molar-refractivity contribution in [1.82, 2.24) is 15.0 Å². The van der Waals surface area contributed by atoms with Gasteiger partial charge in [-0.3, -0.25) is 9.78 Å². The maximum Gasteiger partial charge on any atom is 0.303 e. The van der Waals surface area contributed by atoms with Gasteiger partial charge in [-0.2, -0.15) is 4.39 Å². The Morgan fingerprint density at radius 1 is 1.34 bits per heavy atom. The van der Waals surface area contributed by atoms with Gasteiger partial charge in [-0.05, 0) is 31.1 Å². The van der Waals surface area contributed by atoms with Crippen molar-refractivity contribution >= 4 is 5.97 Å². The standard InChI is InChI=1S/C20H18F3N3O3/c1-12-15(5-6-17(21)25-12)16-9-24-10-18(26-16)29-11-13-2-3-14(4-7-19(27)28)20(22,23)8-13/h2-3,5-6,9-11,14H,4,7-8H2,1H3,(H,27,28). The zero-order chi connectivity index (χ0) is 21.0. The SMILES string of the molecule is Cc1nc(F)ccc1-c1cncc(OC=C2C=CC(CCC(=O)O)C(F)(F)C2)n1. The lowest BCUT2D eigenvalue weighted by Gasteiger charge is -2.28. The van der Waals surface area contributed by atoms with Gasteiger partial charge in [0.25, 0.3) is 5.92 Å². The lowest BCUT2D eigenvalue weighted by Crippen LogP contribution is -2.30. The van der Waals surface area contributed by atoms with Crippen LogP contribution in [0.3, 0.4) is 0 Å². The molecule has 2 aromatic rings. The third kappa shape index (κ3) is 5.18. The summed E-state index contributed by atoms with van der Waals surface area (Å²) in [6, 6.07) is 2.72. The van der Waals surface area contributed by atoms with E-state index in [-0.39, 0.29) is 24.3 Å². The zero-order valence-electron chi connectivity index (χ0n) is 15.5. The number of pyridine rings is 1. The fraction of sp³-hybridized carbons (Fsp3) is 0.300. The summed E-state index contributed by atoms with van der Waals surface area (Å²) < 4.78 is 47.1. The van der Waals surface area contributed by atoms with Crippen LogP contribution in [0.5, 0.6) is 5.88 Å². The number of rotatable bonds is 6. The molecule has 0 saturated carbocycles. The van der Waals surface area contributed by atoms with Gasteiger partial charge in [0.2, 0.25) is 11.8 Å². The van der Waals surface area contributed by atoms with E-state index in [4.69, 9.17) is 9.84 Å². The molecule has 9 heteroatoms. The summed E-state index contributed by atoms with van der Waals surface area (Å²) in [6.07, 6.45) is 5.73. The molecule has 0 aliphatic heterocycles. The number of aryl methyl sites for hydroxylation is 1. The van der Waals surface area contributed by atoms with Crippen LogP contribution in [0, 0.1) is 18.8 Å². The Kier molecular flexibility index (Phi) is 5.95. The third-order valence-corrected chi connectivity index (χ3v) is 4.47. The van der Waals surface area contributed by atoms with Gasteiger partial charge in [0.1, 0.15) is 0 Å². The van der Waals surface area contributed by atoms with Gasteiger partial charge in [0, 0.05) is 30.0 Å². The molecule has 3 rings (SSSR count). The zero-order valence-corrected chi connectivity index (χ0v) is 15.5. The van der Waals surface area contributed by atoms with Gasteiger partial charge in [-0.25, -0.2) is 18.7 Å². The summed E-state index contributed by atoms with van der Waals surface area (Å²) in [5.74, 6) is -5.83. The van der Waals surface area contributed by atoms with Crippen LogP contribution in [-0.4, -0.2) is 32.0 Å². The van der Waals surface area contributed by atoms with E-state index in [9.17, 15) is 18.0 Å². The predicted molar refractivity (Wildman–Crippen MR) is 97.7 cm³/mol. The van der Waals surface area contributed by atoms with Crippen LogP contribution in [0.25, 0.3) is 11.3 Å². The Labute approximate surface area is 164 Å². The minimum Gasteiger partial charge on any atom is -0.481 e. The smallest absolute Gasteiger partial charge is 0.303 e. The number of carboxylic acid groups (broad SMARTS) is 1. The maximum atomic E-state index is 14.3. The number of aromatic nitrogens is 3. The topological polar surface area (TPSA) is 85.2 Å². The number of allylic oxidation sites excluding steroid dienone is 3. The number of hydrogen-bond acceptors (Lipinski definition) is 5. The van der Waals surface area contributed by atoms with E-state index < -0.39 is 30.2 Å². The Morgan fingerprint density at radius 3 is 2.83 bits per heavy atom. The van der Waals surface area contributed by atoms with Crippen molar-refractivity contribution in [3.05, 3.63) is 60.2 Å². The van der Waals surface area contributed by atoms with Crippen molar-refractivity contribution in [2.24, 2.45) is 5.92 Å². The van der Waals surface area contributed by atoms with Crippen LogP contribution < -0.4 is 4.74 Å². The first kappa shape index (κ1) is 20.5. The predicted octanol–water partition coefficient (Wildman–Crippen LogP) is 4.33. The largest absolute Gasteiger partial charge is 0.481 e. The molecule has 2 heterocycles. The summed E-state index contributed by atoms with van der Waals surface area (Å²) in [5, 5.41) is 8.68. The molecule has 1 N–H and O–H groups in total. The quantitative estimate of drug-likeness (QED) is 0.569. The van der Waals surface area contributed by atoms with Gasteiger partial charge in [-0.15, -0.1) is 0 Å². The second kappa shape index (κ2) is 8.42. The second-order valence-electron chi connectivity index (χ2n) is 6.66. The Balaban J connectivity index is 1.73.